The lowest BCUT2D eigenvalue weighted by molar-refractivity contribution is -0.0503. The Labute approximate surface area is 88.0 Å². The average Bonchev–Trinajstić information content (AvgIpc) is 2.16. The standard InChI is InChI=1S/C8H3ClF2N2O2/c9-7(14)5-2-13-3-6(4(5)1-12)15-8(10)11/h2-3,8H. The molecule has 0 unspecified atom stereocenters. The minimum absolute atomic E-state index is 0.266. The number of alkyl halides is 2. The maximum Gasteiger partial charge on any atom is 0.387 e. The summed E-state index contributed by atoms with van der Waals surface area (Å²) in [5.74, 6) is -0.473. The molecule has 0 saturated heterocycles. The highest BCUT2D eigenvalue weighted by molar-refractivity contribution is 6.68. The van der Waals surface area contributed by atoms with Crippen molar-refractivity contribution in [3.63, 3.8) is 0 Å². The normalized spacial score (nSPS) is 9.80. The molecule has 1 aromatic rings. The van der Waals surface area contributed by atoms with Gasteiger partial charge in [-0.25, -0.2) is 0 Å². The van der Waals surface area contributed by atoms with E-state index in [1.165, 1.54) is 0 Å². The first-order valence-electron chi connectivity index (χ1n) is 3.59. The van der Waals surface area contributed by atoms with Gasteiger partial charge >= 0.3 is 6.61 Å². The Morgan fingerprint density at radius 2 is 2.27 bits per heavy atom. The molecule has 1 aromatic heterocycles. The number of halogens is 3. The van der Waals surface area contributed by atoms with Gasteiger partial charge < -0.3 is 4.74 Å². The molecular formula is C8H3ClF2N2O2. The van der Waals surface area contributed by atoms with Crippen LogP contribution in [0.15, 0.2) is 12.4 Å². The molecule has 0 aliphatic heterocycles. The lowest BCUT2D eigenvalue weighted by atomic mass is 10.1. The second kappa shape index (κ2) is 4.66. The Morgan fingerprint density at radius 1 is 1.60 bits per heavy atom. The number of rotatable bonds is 3. The van der Waals surface area contributed by atoms with Crippen molar-refractivity contribution in [1.29, 1.82) is 5.26 Å². The van der Waals surface area contributed by atoms with Gasteiger partial charge in [0.1, 0.15) is 11.6 Å². The molecule has 0 fully saturated rings. The summed E-state index contributed by atoms with van der Waals surface area (Å²) >= 11 is 5.12. The molecule has 0 saturated carbocycles. The van der Waals surface area contributed by atoms with Crippen molar-refractivity contribution in [2.75, 3.05) is 0 Å². The molecule has 0 aliphatic carbocycles. The van der Waals surface area contributed by atoms with Crippen LogP contribution in [0, 0.1) is 11.3 Å². The molecule has 0 N–H and O–H groups in total. The summed E-state index contributed by atoms with van der Waals surface area (Å²) < 4.78 is 27.8. The van der Waals surface area contributed by atoms with Gasteiger partial charge in [-0.05, 0) is 11.6 Å². The Hall–Kier alpha value is -1.74. The topological polar surface area (TPSA) is 63.0 Å². The zero-order chi connectivity index (χ0) is 11.4. The van der Waals surface area contributed by atoms with Crippen molar-refractivity contribution in [1.82, 2.24) is 4.98 Å². The largest absolute Gasteiger partial charge is 0.432 e. The first-order valence-corrected chi connectivity index (χ1v) is 3.96. The van der Waals surface area contributed by atoms with Crippen molar-refractivity contribution in [3.05, 3.63) is 23.5 Å². The van der Waals surface area contributed by atoms with Gasteiger partial charge in [-0.15, -0.1) is 0 Å². The minimum Gasteiger partial charge on any atom is -0.432 e. The van der Waals surface area contributed by atoms with Gasteiger partial charge in [0.05, 0.1) is 11.8 Å². The number of carbonyl (C=O) groups excluding carboxylic acids is 1. The monoisotopic (exact) mass is 232 g/mol. The summed E-state index contributed by atoms with van der Waals surface area (Å²) in [7, 11) is 0. The van der Waals surface area contributed by atoms with E-state index in [2.05, 4.69) is 9.72 Å². The van der Waals surface area contributed by atoms with Gasteiger partial charge in [-0.3, -0.25) is 9.78 Å². The highest BCUT2D eigenvalue weighted by Crippen LogP contribution is 2.22. The number of hydrogen-bond donors (Lipinski definition) is 0. The van der Waals surface area contributed by atoms with Crippen LogP contribution in [0.25, 0.3) is 0 Å². The molecule has 1 rings (SSSR count). The maximum atomic E-state index is 11.9. The number of ether oxygens (including phenoxy) is 1. The van der Waals surface area contributed by atoms with Crippen LogP contribution in [-0.4, -0.2) is 16.8 Å². The molecule has 78 valence electrons. The number of aromatic nitrogens is 1. The van der Waals surface area contributed by atoms with E-state index in [0.717, 1.165) is 12.4 Å². The third kappa shape index (κ3) is 2.60. The van der Waals surface area contributed by atoms with Crippen molar-refractivity contribution >= 4 is 16.8 Å². The van der Waals surface area contributed by atoms with Crippen molar-refractivity contribution in [3.8, 4) is 11.8 Å². The van der Waals surface area contributed by atoms with Crippen LogP contribution in [-0.2, 0) is 0 Å². The molecule has 4 nitrogen and oxygen atoms in total. The quantitative estimate of drug-likeness (QED) is 0.747. The minimum atomic E-state index is -3.10. The lowest BCUT2D eigenvalue weighted by Gasteiger charge is -2.06. The molecule has 0 amide bonds. The van der Waals surface area contributed by atoms with Crippen LogP contribution in [0.5, 0.6) is 5.75 Å². The predicted octanol–water partition coefficient (Wildman–Crippen LogP) is 1.93. The molecule has 1 heterocycles. The lowest BCUT2D eigenvalue weighted by Crippen LogP contribution is -2.06. The summed E-state index contributed by atoms with van der Waals surface area (Å²) in [5, 5.41) is 7.69. The maximum absolute atomic E-state index is 11.9. The molecule has 0 spiro atoms. The fraction of sp³-hybridized carbons (Fsp3) is 0.125. The van der Waals surface area contributed by atoms with Gasteiger partial charge in [0, 0.05) is 6.20 Å². The molecule has 0 atom stereocenters. The Balaban J connectivity index is 3.24. The number of nitriles is 1. The molecule has 0 radical (unpaired) electrons. The van der Waals surface area contributed by atoms with E-state index in [1.54, 1.807) is 6.07 Å². The van der Waals surface area contributed by atoms with Gasteiger partial charge in [-0.2, -0.15) is 14.0 Å². The van der Waals surface area contributed by atoms with Gasteiger partial charge in [0.25, 0.3) is 5.24 Å². The van der Waals surface area contributed by atoms with Crippen LogP contribution in [0.1, 0.15) is 15.9 Å². The van der Waals surface area contributed by atoms with Crippen LogP contribution in [0.3, 0.4) is 0 Å². The second-order valence-electron chi connectivity index (χ2n) is 2.32. The van der Waals surface area contributed by atoms with Crippen molar-refractivity contribution in [2.45, 2.75) is 6.61 Å². The Morgan fingerprint density at radius 3 is 2.73 bits per heavy atom. The van der Waals surface area contributed by atoms with E-state index < -0.39 is 17.6 Å². The first-order chi connectivity index (χ1) is 7.06. The van der Waals surface area contributed by atoms with Crippen LogP contribution in [0.2, 0.25) is 0 Å². The van der Waals surface area contributed by atoms with Crippen LogP contribution in [0.4, 0.5) is 8.78 Å². The average molecular weight is 233 g/mol. The van der Waals surface area contributed by atoms with E-state index in [4.69, 9.17) is 16.9 Å². The molecule has 0 aliphatic rings. The number of pyridine rings is 1. The Bertz CT molecular complexity index is 431. The Kier molecular flexibility index (Phi) is 3.52. The molecule has 0 bridgehead atoms. The van der Waals surface area contributed by atoms with E-state index in [1.807, 2.05) is 0 Å². The molecular weight excluding hydrogens is 230 g/mol. The smallest absolute Gasteiger partial charge is 0.387 e. The molecule has 15 heavy (non-hydrogen) atoms. The fourth-order valence-electron chi connectivity index (χ4n) is 0.891. The zero-order valence-electron chi connectivity index (χ0n) is 7.08. The van der Waals surface area contributed by atoms with Crippen molar-refractivity contribution < 1.29 is 18.3 Å². The van der Waals surface area contributed by atoms with Gasteiger partial charge in [-0.1, -0.05) is 0 Å². The zero-order valence-corrected chi connectivity index (χ0v) is 7.83. The summed E-state index contributed by atoms with van der Waals surface area (Å²) in [5.41, 5.74) is -0.623. The predicted molar refractivity (Wildman–Crippen MR) is 45.8 cm³/mol. The van der Waals surface area contributed by atoms with E-state index in [9.17, 15) is 13.6 Å². The summed E-state index contributed by atoms with van der Waals surface area (Å²) in [4.78, 5) is 14.2. The van der Waals surface area contributed by atoms with E-state index in [0.29, 0.717) is 0 Å². The number of carbonyl (C=O) groups is 1. The first kappa shape index (κ1) is 11.3. The fourth-order valence-corrected chi connectivity index (χ4v) is 1.03. The van der Waals surface area contributed by atoms with Gasteiger partial charge in [0.15, 0.2) is 5.75 Å². The molecule has 7 heteroatoms. The summed E-state index contributed by atoms with van der Waals surface area (Å²) in [6.45, 7) is -3.10. The second-order valence-corrected chi connectivity index (χ2v) is 2.67. The summed E-state index contributed by atoms with van der Waals surface area (Å²) in [6.07, 6.45) is 1.92. The third-order valence-corrected chi connectivity index (χ3v) is 1.65. The number of hydrogen-bond acceptors (Lipinski definition) is 4. The van der Waals surface area contributed by atoms with E-state index in [-0.39, 0.29) is 11.1 Å². The SMILES string of the molecule is N#Cc1c(OC(F)F)cncc1C(=O)Cl. The van der Waals surface area contributed by atoms with Crippen LogP contribution < -0.4 is 4.74 Å². The highest BCUT2D eigenvalue weighted by Gasteiger charge is 2.17. The van der Waals surface area contributed by atoms with E-state index >= 15 is 0 Å². The summed E-state index contributed by atoms with van der Waals surface area (Å²) in [6, 6.07) is 1.55. The molecule has 0 aromatic carbocycles. The highest BCUT2D eigenvalue weighted by atomic mass is 35.5. The van der Waals surface area contributed by atoms with Crippen molar-refractivity contribution in [2.24, 2.45) is 0 Å². The number of nitrogens with zero attached hydrogens (tertiary/aromatic N) is 2. The van der Waals surface area contributed by atoms with Crippen LogP contribution >= 0.6 is 11.6 Å². The van der Waals surface area contributed by atoms with Gasteiger partial charge in [0.2, 0.25) is 0 Å². The third-order valence-electron chi connectivity index (χ3n) is 1.45.